The third-order valence-electron chi connectivity index (χ3n) is 4.88. The molecule has 26 heavy (non-hydrogen) atoms. The Morgan fingerprint density at radius 1 is 1.31 bits per heavy atom. The molecule has 0 amide bonds. The van der Waals surface area contributed by atoms with Crippen molar-refractivity contribution in [3.8, 4) is 6.07 Å². The maximum Gasteiger partial charge on any atom is 0.375 e. The van der Waals surface area contributed by atoms with Gasteiger partial charge in [0.25, 0.3) is 0 Å². The number of pyridine rings is 2. The molecule has 134 valence electrons. The summed E-state index contributed by atoms with van der Waals surface area (Å²) >= 11 is 0. The molecule has 0 saturated heterocycles. The summed E-state index contributed by atoms with van der Waals surface area (Å²) in [4.78, 5) is 8.19. The molecule has 7 heteroatoms. The minimum atomic E-state index is -3.69. The number of alkyl halides is 2. The predicted octanol–water partition coefficient (Wildman–Crippen LogP) is 3.60. The second-order valence-corrected chi connectivity index (χ2v) is 6.34. The molecule has 0 radical (unpaired) electrons. The molecule has 0 atom stereocenters. The van der Waals surface area contributed by atoms with E-state index in [0.29, 0.717) is 12.2 Å². The quantitative estimate of drug-likeness (QED) is 0.827. The topological polar surface area (TPSA) is 87.6 Å². The summed E-state index contributed by atoms with van der Waals surface area (Å²) in [6, 6.07) is 7.73. The predicted molar refractivity (Wildman–Crippen MR) is 94.2 cm³/mol. The maximum atomic E-state index is 13.9. The summed E-state index contributed by atoms with van der Waals surface area (Å²) < 4.78 is 27.8. The number of allylic oxidation sites excluding steroid dienone is 1. The Morgan fingerprint density at radius 2 is 2.00 bits per heavy atom. The third kappa shape index (κ3) is 2.93. The molecule has 0 bridgehead atoms. The number of nitriles is 1. The van der Waals surface area contributed by atoms with E-state index >= 15 is 0 Å². The van der Waals surface area contributed by atoms with Gasteiger partial charge in [-0.1, -0.05) is 19.1 Å². The molecule has 0 aromatic carbocycles. The Labute approximate surface area is 150 Å². The van der Waals surface area contributed by atoms with Gasteiger partial charge in [0.05, 0.1) is 16.8 Å². The van der Waals surface area contributed by atoms with Crippen LogP contribution in [0.15, 0.2) is 48.9 Å². The maximum absolute atomic E-state index is 13.9. The van der Waals surface area contributed by atoms with Crippen LogP contribution in [0.4, 0.5) is 14.5 Å². The fourth-order valence-corrected chi connectivity index (χ4v) is 3.34. The number of hydrogen-bond donors (Lipinski definition) is 2. The van der Waals surface area contributed by atoms with Crippen molar-refractivity contribution in [2.24, 2.45) is 5.73 Å². The van der Waals surface area contributed by atoms with Gasteiger partial charge in [-0.2, -0.15) is 14.0 Å². The minimum absolute atomic E-state index is 0.0700. The lowest BCUT2D eigenvalue weighted by molar-refractivity contribution is 0.0572. The van der Waals surface area contributed by atoms with E-state index in [2.05, 4.69) is 21.9 Å². The molecule has 2 aromatic rings. The van der Waals surface area contributed by atoms with Crippen molar-refractivity contribution in [2.45, 2.75) is 37.1 Å². The van der Waals surface area contributed by atoms with Gasteiger partial charge in [0.2, 0.25) is 0 Å². The van der Waals surface area contributed by atoms with E-state index < -0.39 is 17.0 Å². The van der Waals surface area contributed by atoms with Gasteiger partial charge in [0, 0.05) is 24.6 Å². The highest BCUT2D eigenvalue weighted by Crippen LogP contribution is 2.49. The molecule has 3 N–H and O–H groups in total. The number of nitrogens with two attached hydrogens (primary N) is 1. The smallest absolute Gasteiger partial charge is 0.357 e. The fraction of sp³-hybridized carbons (Fsp3) is 0.316. The molecule has 1 fully saturated rings. The molecule has 1 aliphatic carbocycles. The molecule has 0 unspecified atom stereocenters. The Hall–Kier alpha value is -2.85. The molecule has 2 aromatic heterocycles. The van der Waals surface area contributed by atoms with Gasteiger partial charge in [0.1, 0.15) is 11.8 Å². The lowest BCUT2D eigenvalue weighted by Gasteiger charge is -2.44. The van der Waals surface area contributed by atoms with Crippen molar-refractivity contribution in [2.75, 3.05) is 5.32 Å². The molecular formula is C19H19F2N5. The van der Waals surface area contributed by atoms with Gasteiger partial charge in [-0.15, -0.1) is 0 Å². The normalized spacial score (nSPS) is 15.6. The van der Waals surface area contributed by atoms with E-state index in [1.807, 2.05) is 12.1 Å². The van der Waals surface area contributed by atoms with E-state index in [-0.39, 0.29) is 5.69 Å². The first-order valence-corrected chi connectivity index (χ1v) is 8.30. The number of halogens is 2. The summed E-state index contributed by atoms with van der Waals surface area (Å²) in [7, 11) is 0. The molecular weight excluding hydrogens is 336 g/mol. The first-order chi connectivity index (χ1) is 12.4. The number of aromatic nitrogens is 2. The summed E-state index contributed by atoms with van der Waals surface area (Å²) in [6.07, 6.45) is 5.51. The van der Waals surface area contributed by atoms with Crippen LogP contribution in [-0.2, 0) is 17.9 Å². The minimum Gasteiger partial charge on any atom is -0.357 e. The van der Waals surface area contributed by atoms with Crippen molar-refractivity contribution < 1.29 is 8.78 Å². The highest BCUT2D eigenvalue weighted by molar-refractivity contribution is 5.57. The van der Waals surface area contributed by atoms with Gasteiger partial charge in [0.15, 0.2) is 0 Å². The van der Waals surface area contributed by atoms with Crippen LogP contribution < -0.4 is 11.1 Å². The van der Waals surface area contributed by atoms with Crippen LogP contribution >= 0.6 is 0 Å². The van der Waals surface area contributed by atoms with Crippen LogP contribution in [-0.4, -0.2) is 9.97 Å². The Morgan fingerprint density at radius 3 is 2.62 bits per heavy atom. The van der Waals surface area contributed by atoms with Gasteiger partial charge in [-0.25, -0.2) is 0 Å². The van der Waals surface area contributed by atoms with E-state index in [1.165, 1.54) is 18.3 Å². The van der Waals surface area contributed by atoms with Gasteiger partial charge < -0.3 is 11.1 Å². The van der Waals surface area contributed by atoms with Crippen molar-refractivity contribution >= 4 is 5.69 Å². The van der Waals surface area contributed by atoms with E-state index in [0.717, 1.165) is 36.6 Å². The van der Waals surface area contributed by atoms with Crippen LogP contribution in [0.25, 0.3) is 0 Å². The highest BCUT2D eigenvalue weighted by atomic mass is 19.3. The van der Waals surface area contributed by atoms with Crippen molar-refractivity contribution in [3.05, 3.63) is 65.9 Å². The SMILES string of the molecule is C=C(Nc1cccnc1C(F)(F)C#N)C1(c2ncccc2CN)CCC1. The van der Waals surface area contributed by atoms with E-state index in [1.54, 1.807) is 6.20 Å². The standard InChI is InChI=1S/C19H19F2N5/c1-13(26-15-6-3-10-25-17(15)19(20,21)12-23)18(7-4-8-18)16-14(11-22)5-2-9-24-16/h2-3,5-6,9-10,26H,1,4,7-8,11,22H2. The molecule has 0 aliphatic heterocycles. The van der Waals surface area contributed by atoms with E-state index in [4.69, 9.17) is 11.0 Å². The summed E-state index contributed by atoms with van der Waals surface area (Å²) in [5.74, 6) is -3.69. The number of rotatable bonds is 6. The molecule has 0 spiro atoms. The van der Waals surface area contributed by atoms with Crippen LogP contribution in [0.2, 0.25) is 0 Å². The Balaban J connectivity index is 1.97. The van der Waals surface area contributed by atoms with Gasteiger partial charge >= 0.3 is 5.92 Å². The largest absolute Gasteiger partial charge is 0.375 e. The van der Waals surface area contributed by atoms with Crippen LogP contribution in [0.3, 0.4) is 0 Å². The fourth-order valence-electron chi connectivity index (χ4n) is 3.34. The zero-order chi connectivity index (χ0) is 18.8. The molecule has 2 heterocycles. The molecule has 1 saturated carbocycles. The Kier molecular flexibility index (Phi) is 4.70. The van der Waals surface area contributed by atoms with Crippen molar-refractivity contribution in [1.82, 2.24) is 9.97 Å². The molecule has 5 nitrogen and oxygen atoms in total. The first kappa shape index (κ1) is 18.0. The molecule has 1 aliphatic rings. The lowest BCUT2D eigenvalue weighted by atomic mass is 9.63. The van der Waals surface area contributed by atoms with Crippen molar-refractivity contribution in [3.63, 3.8) is 0 Å². The lowest BCUT2D eigenvalue weighted by Crippen LogP contribution is -2.41. The number of nitrogens with one attached hydrogen (secondary N) is 1. The van der Waals surface area contributed by atoms with Crippen LogP contribution in [0.5, 0.6) is 0 Å². The molecule has 3 rings (SSSR count). The average Bonchev–Trinajstić information content (AvgIpc) is 2.61. The van der Waals surface area contributed by atoms with Crippen LogP contribution in [0.1, 0.15) is 36.2 Å². The highest BCUT2D eigenvalue weighted by Gasteiger charge is 2.45. The second-order valence-electron chi connectivity index (χ2n) is 6.34. The summed E-state index contributed by atoms with van der Waals surface area (Å²) in [6.45, 7) is 4.43. The second kappa shape index (κ2) is 6.81. The average molecular weight is 355 g/mol. The van der Waals surface area contributed by atoms with Gasteiger partial charge in [-0.3, -0.25) is 9.97 Å². The van der Waals surface area contributed by atoms with Crippen molar-refractivity contribution in [1.29, 1.82) is 5.26 Å². The van der Waals surface area contributed by atoms with E-state index in [9.17, 15) is 8.78 Å². The monoisotopic (exact) mass is 355 g/mol. The zero-order valence-electron chi connectivity index (χ0n) is 14.2. The number of anilines is 1. The number of hydrogen-bond acceptors (Lipinski definition) is 5. The van der Waals surface area contributed by atoms with Gasteiger partial charge in [-0.05, 0) is 36.6 Å². The number of nitrogens with zero attached hydrogens (tertiary/aromatic N) is 3. The van der Waals surface area contributed by atoms with Crippen LogP contribution in [0, 0.1) is 11.3 Å². The Bertz CT molecular complexity index is 868. The first-order valence-electron chi connectivity index (χ1n) is 8.30. The third-order valence-corrected chi connectivity index (χ3v) is 4.88. The summed E-state index contributed by atoms with van der Waals surface area (Å²) in [5, 5.41) is 11.7. The summed E-state index contributed by atoms with van der Waals surface area (Å²) in [5.41, 5.74) is 7.12. The zero-order valence-corrected chi connectivity index (χ0v) is 14.2.